The lowest BCUT2D eigenvalue weighted by molar-refractivity contribution is -0.137. The van der Waals surface area contributed by atoms with Crippen molar-refractivity contribution in [3.05, 3.63) is 46.5 Å². The first-order chi connectivity index (χ1) is 18.5. The van der Waals surface area contributed by atoms with Gasteiger partial charge in [0, 0.05) is 50.6 Å². The number of nitrogens with zero attached hydrogens (tertiary/aromatic N) is 5. The summed E-state index contributed by atoms with van der Waals surface area (Å²) in [6.07, 6.45) is 5.61. The van der Waals surface area contributed by atoms with Crippen molar-refractivity contribution in [1.29, 1.82) is 0 Å². The fourth-order valence-electron chi connectivity index (χ4n) is 5.02. The average Bonchev–Trinajstić information content (AvgIpc) is 3.11. The van der Waals surface area contributed by atoms with Gasteiger partial charge in [-0.05, 0) is 76.4 Å². The number of hydrogen-bond acceptors (Lipinski definition) is 8. The molecule has 212 valence electrons. The van der Waals surface area contributed by atoms with Gasteiger partial charge in [-0.1, -0.05) is 6.07 Å². The summed E-state index contributed by atoms with van der Waals surface area (Å²) in [5.74, 6) is 0.00808. The molecule has 39 heavy (non-hydrogen) atoms. The molecule has 12 nitrogen and oxygen atoms in total. The Bertz CT molecular complexity index is 1230. The van der Waals surface area contributed by atoms with Crippen LogP contribution in [-0.4, -0.2) is 93.6 Å². The van der Waals surface area contributed by atoms with Crippen LogP contribution in [0.2, 0.25) is 0 Å². The predicted octanol–water partition coefficient (Wildman–Crippen LogP) is 0.584. The SMILES string of the molecule is CC(C)(N)C(=O)N1CCN(C(=O)Nc2ccn(-c3ccc(CCN4CCCC(N)CC4)c(N)c3)c(=O)n2)CC1. The van der Waals surface area contributed by atoms with Gasteiger partial charge in [-0.3, -0.25) is 14.7 Å². The second-order valence-electron chi connectivity index (χ2n) is 11.1. The molecule has 0 saturated carbocycles. The minimum Gasteiger partial charge on any atom is -0.398 e. The Labute approximate surface area is 229 Å². The smallest absolute Gasteiger partial charge is 0.354 e. The molecule has 0 aliphatic carbocycles. The zero-order chi connectivity index (χ0) is 28.2. The molecule has 4 rings (SSSR count). The van der Waals surface area contributed by atoms with Crippen molar-refractivity contribution < 1.29 is 9.59 Å². The van der Waals surface area contributed by atoms with Crippen LogP contribution in [0.1, 0.15) is 38.7 Å². The van der Waals surface area contributed by atoms with Gasteiger partial charge in [0.2, 0.25) is 5.91 Å². The molecular formula is C27H41N9O3. The Balaban J connectivity index is 1.33. The highest BCUT2D eigenvalue weighted by Gasteiger charge is 2.31. The molecule has 0 bridgehead atoms. The van der Waals surface area contributed by atoms with Crippen LogP contribution in [0.4, 0.5) is 16.3 Å². The molecule has 0 spiro atoms. The normalized spacial score (nSPS) is 19.0. The molecule has 1 atom stereocenters. The van der Waals surface area contributed by atoms with Crippen LogP contribution >= 0.6 is 0 Å². The van der Waals surface area contributed by atoms with Crippen LogP contribution in [0, 0.1) is 0 Å². The van der Waals surface area contributed by atoms with Crippen LogP contribution in [0.5, 0.6) is 0 Å². The van der Waals surface area contributed by atoms with Crippen molar-refractivity contribution >= 4 is 23.4 Å². The van der Waals surface area contributed by atoms with Crippen LogP contribution in [0.3, 0.4) is 0 Å². The maximum Gasteiger partial charge on any atom is 0.354 e. The van der Waals surface area contributed by atoms with Gasteiger partial charge in [0.05, 0.1) is 11.2 Å². The van der Waals surface area contributed by atoms with E-state index in [1.165, 1.54) is 4.57 Å². The largest absolute Gasteiger partial charge is 0.398 e. The third kappa shape index (κ3) is 7.34. The summed E-state index contributed by atoms with van der Waals surface area (Å²) >= 11 is 0. The van der Waals surface area contributed by atoms with Crippen LogP contribution in [-0.2, 0) is 11.2 Å². The molecule has 2 aromatic rings. The topological polar surface area (TPSA) is 169 Å². The minimum absolute atomic E-state index is 0.149. The van der Waals surface area contributed by atoms with Crippen LogP contribution in [0.25, 0.3) is 5.69 Å². The van der Waals surface area contributed by atoms with Crippen molar-refractivity contribution in [2.45, 2.75) is 51.1 Å². The second kappa shape index (κ2) is 12.1. The number of rotatable bonds is 6. The van der Waals surface area contributed by atoms with E-state index in [4.69, 9.17) is 17.2 Å². The molecule has 1 aromatic carbocycles. The maximum atomic E-state index is 12.8. The highest BCUT2D eigenvalue weighted by Crippen LogP contribution is 2.19. The van der Waals surface area contributed by atoms with Gasteiger partial charge in [0.15, 0.2) is 0 Å². The van der Waals surface area contributed by atoms with Crippen LogP contribution in [0.15, 0.2) is 35.3 Å². The van der Waals surface area contributed by atoms with Gasteiger partial charge in [0.1, 0.15) is 5.82 Å². The fraction of sp³-hybridized carbons (Fsp3) is 0.556. The third-order valence-electron chi connectivity index (χ3n) is 7.41. The lowest BCUT2D eigenvalue weighted by Gasteiger charge is -2.37. The maximum absolute atomic E-state index is 12.8. The van der Waals surface area contributed by atoms with E-state index in [9.17, 15) is 14.4 Å². The molecule has 2 fully saturated rings. The predicted molar refractivity (Wildman–Crippen MR) is 152 cm³/mol. The molecule has 1 unspecified atom stereocenters. The number of likely N-dealkylation sites (tertiary alicyclic amines) is 1. The van der Waals surface area contributed by atoms with E-state index in [0.29, 0.717) is 43.6 Å². The Hall–Kier alpha value is -3.48. The van der Waals surface area contributed by atoms with Gasteiger partial charge >= 0.3 is 11.7 Å². The number of amides is 3. The summed E-state index contributed by atoms with van der Waals surface area (Å²) < 4.78 is 1.39. The lowest BCUT2D eigenvalue weighted by atomic mass is 10.1. The Morgan fingerprint density at radius 3 is 2.44 bits per heavy atom. The van der Waals surface area contributed by atoms with E-state index in [2.05, 4.69) is 15.2 Å². The van der Waals surface area contributed by atoms with Crippen molar-refractivity contribution in [1.82, 2.24) is 24.3 Å². The number of anilines is 2. The van der Waals surface area contributed by atoms with Gasteiger partial charge in [-0.25, -0.2) is 9.59 Å². The molecule has 12 heteroatoms. The number of carbonyl (C=O) groups is 2. The summed E-state index contributed by atoms with van der Waals surface area (Å²) in [5.41, 5.74) is 19.1. The Kier molecular flexibility index (Phi) is 8.88. The first-order valence-electron chi connectivity index (χ1n) is 13.6. The standard InChI is InChI=1S/C27H41N9O3/c1-27(2,30)24(37)34-14-16-35(17-15-34)25(38)31-23-9-13-36(26(39)32-23)21-6-5-19(22(29)18-21)7-11-33-10-3-4-20(28)8-12-33/h5-6,9,13,18,20H,3-4,7-8,10-12,14-17,28-30H2,1-2H3,(H,31,32,38,39). The molecule has 2 saturated heterocycles. The van der Waals surface area contributed by atoms with Crippen molar-refractivity contribution in [3.63, 3.8) is 0 Å². The molecule has 3 heterocycles. The number of aromatic nitrogens is 2. The van der Waals surface area contributed by atoms with Gasteiger partial charge in [0.25, 0.3) is 0 Å². The van der Waals surface area contributed by atoms with Gasteiger partial charge in [-0.15, -0.1) is 0 Å². The summed E-state index contributed by atoms with van der Waals surface area (Å²) in [7, 11) is 0. The third-order valence-corrected chi connectivity index (χ3v) is 7.41. The van der Waals surface area contributed by atoms with Gasteiger partial charge < -0.3 is 31.9 Å². The number of nitrogens with one attached hydrogen (secondary N) is 1. The van der Waals surface area contributed by atoms with Gasteiger partial charge in [-0.2, -0.15) is 4.98 Å². The summed E-state index contributed by atoms with van der Waals surface area (Å²) in [6.45, 7) is 7.82. The molecule has 3 amide bonds. The highest BCUT2D eigenvalue weighted by molar-refractivity contribution is 5.89. The summed E-state index contributed by atoms with van der Waals surface area (Å²) in [6, 6.07) is 7.07. The number of benzene rings is 1. The monoisotopic (exact) mass is 539 g/mol. The number of nitrogen functional groups attached to an aromatic ring is 1. The quantitative estimate of drug-likeness (QED) is 0.387. The zero-order valence-corrected chi connectivity index (χ0v) is 22.9. The number of urea groups is 1. The number of nitrogens with two attached hydrogens (primary N) is 3. The number of hydrogen-bond donors (Lipinski definition) is 4. The molecule has 7 N–H and O–H groups in total. The first-order valence-corrected chi connectivity index (χ1v) is 13.6. The Morgan fingerprint density at radius 1 is 1.05 bits per heavy atom. The minimum atomic E-state index is -0.953. The van der Waals surface area contributed by atoms with Crippen molar-refractivity contribution in [2.24, 2.45) is 11.5 Å². The van der Waals surface area contributed by atoms with E-state index >= 15 is 0 Å². The second-order valence-corrected chi connectivity index (χ2v) is 11.1. The molecule has 2 aliphatic rings. The molecule has 2 aliphatic heterocycles. The average molecular weight is 540 g/mol. The molecule has 0 radical (unpaired) electrons. The lowest BCUT2D eigenvalue weighted by Crippen LogP contribution is -2.58. The first kappa shape index (κ1) is 28.5. The molecular weight excluding hydrogens is 498 g/mol. The van der Waals surface area contributed by atoms with Crippen LogP contribution < -0.4 is 28.2 Å². The summed E-state index contributed by atoms with van der Waals surface area (Å²) in [4.78, 5) is 47.5. The van der Waals surface area contributed by atoms with E-state index in [1.807, 2.05) is 12.1 Å². The van der Waals surface area contributed by atoms with E-state index in [-0.39, 0.29) is 17.8 Å². The molecule has 1 aromatic heterocycles. The van der Waals surface area contributed by atoms with E-state index < -0.39 is 11.2 Å². The van der Waals surface area contributed by atoms with Crippen molar-refractivity contribution in [3.8, 4) is 5.69 Å². The number of piperazine rings is 1. The zero-order valence-electron chi connectivity index (χ0n) is 22.9. The number of carbonyl (C=O) groups excluding carboxylic acids is 2. The van der Waals surface area contributed by atoms with E-state index in [0.717, 1.165) is 50.9 Å². The Morgan fingerprint density at radius 2 is 1.77 bits per heavy atom. The van der Waals surface area contributed by atoms with Crippen molar-refractivity contribution in [2.75, 3.05) is 56.9 Å². The van der Waals surface area contributed by atoms with E-state index in [1.54, 1.807) is 42.0 Å². The highest BCUT2D eigenvalue weighted by atomic mass is 16.2. The fourth-order valence-corrected chi connectivity index (χ4v) is 5.02. The summed E-state index contributed by atoms with van der Waals surface area (Å²) in [5, 5.41) is 2.68.